The van der Waals surface area contributed by atoms with E-state index < -0.39 is 60.1 Å². The molecule has 0 saturated carbocycles. The Balaban J connectivity index is 2.05. The Labute approximate surface area is 160 Å². The van der Waals surface area contributed by atoms with Crippen LogP contribution in [0.2, 0.25) is 0 Å². The number of aliphatic hydroxyl groups is 2. The van der Waals surface area contributed by atoms with E-state index in [1.165, 1.54) is 0 Å². The van der Waals surface area contributed by atoms with Crippen molar-refractivity contribution >= 4 is 29.4 Å². The van der Waals surface area contributed by atoms with Gasteiger partial charge in [0.05, 0.1) is 20.0 Å². The number of aliphatic hydroxyl groups excluding tert-OH is 2. The lowest BCUT2D eigenvalue weighted by molar-refractivity contribution is -0.339. The van der Waals surface area contributed by atoms with Crippen molar-refractivity contribution in [3.63, 3.8) is 0 Å². The monoisotopic (exact) mass is 479 g/mol. The van der Waals surface area contributed by atoms with Gasteiger partial charge in [-0.05, 0) is 0 Å². The second-order valence-electron chi connectivity index (χ2n) is 5.43. The van der Waals surface area contributed by atoms with Crippen LogP contribution in [0.1, 0.15) is 11.7 Å². The van der Waals surface area contributed by atoms with Crippen LogP contribution >= 0.6 is 23.5 Å². The van der Waals surface area contributed by atoms with Gasteiger partial charge < -0.3 is 49.3 Å². The van der Waals surface area contributed by atoms with E-state index >= 15 is 0 Å². The molecule has 0 bridgehead atoms. The molecule has 1 aromatic rings. The van der Waals surface area contributed by atoms with E-state index in [-0.39, 0.29) is 11.5 Å². The lowest BCUT2D eigenvalue weighted by Gasteiger charge is -2.37. The number of nitrogens with two attached hydrogens (primary N) is 1. The number of ether oxygens (including phenoxy) is 1. The second-order valence-corrected chi connectivity index (χ2v) is 9.68. The minimum atomic E-state index is -6.15. The molecule has 6 atom stereocenters. The van der Waals surface area contributed by atoms with E-state index in [4.69, 9.17) is 10.5 Å². The van der Waals surface area contributed by atoms with Crippen LogP contribution < -0.4 is 30.9 Å². The number of H-pyrrole nitrogens is 1. The van der Waals surface area contributed by atoms with Gasteiger partial charge in [-0.25, -0.2) is 9.29 Å². The minimum Gasteiger partial charge on any atom is -0.790 e. The molecule has 1 fully saturated rings. The summed E-state index contributed by atoms with van der Waals surface area (Å²) in [7, 11) is -18.1. The number of hydrogen-bond acceptors (Lipinski definition) is 16. The molecule has 1 aliphatic rings. The predicted molar refractivity (Wildman–Crippen MR) is 79.8 cm³/mol. The van der Waals surface area contributed by atoms with E-state index in [0.717, 1.165) is 6.20 Å². The van der Waals surface area contributed by atoms with Crippen molar-refractivity contribution in [1.29, 1.82) is 0 Å². The van der Waals surface area contributed by atoms with E-state index in [9.17, 15) is 48.3 Å². The van der Waals surface area contributed by atoms with Gasteiger partial charge in [-0.15, -0.1) is 0 Å². The van der Waals surface area contributed by atoms with Gasteiger partial charge in [0.25, 0.3) is 21.2 Å². The summed E-state index contributed by atoms with van der Waals surface area (Å²) in [4.78, 5) is 60.5. The topological polar surface area (TPSA) is 293 Å². The van der Waals surface area contributed by atoms with Crippen LogP contribution in [0.3, 0.4) is 0 Å². The highest BCUT2D eigenvalue weighted by atomic mass is 31.3. The second kappa shape index (κ2) is 8.61. The molecule has 0 spiro atoms. The number of aromatic amines is 1. The first kappa shape index (κ1) is 24.2. The van der Waals surface area contributed by atoms with Gasteiger partial charge in [0.1, 0.15) is 24.4 Å². The molecule has 2 heterocycles. The fourth-order valence-electron chi connectivity index (χ4n) is 2.21. The lowest BCUT2D eigenvalue weighted by Crippen LogP contribution is -2.34. The van der Waals surface area contributed by atoms with Gasteiger partial charge in [0.15, 0.2) is 5.95 Å². The maximum atomic E-state index is 11.8. The van der Waals surface area contributed by atoms with E-state index in [0.29, 0.717) is 0 Å². The highest BCUT2D eigenvalue weighted by molar-refractivity contribution is 7.64. The number of rotatable bonds is 8. The number of aromatic nitrogens is 2. The summed E-state index contributed by atoms with van der Waals surface area (Å²) < 4.78 is 48.4. The van der Waals surface area contributed by atoms with Crippen molar-refractivity contribution in [2.75, 3.05) is 12.3 Å². The zero-order valence-electron chi connectivity index (χ0n) is 13.8. The standard InChI is InChI=1S/C9H16N3O14P3/c10-9-11-1-3(8(15)12-9)7-6(14)5(13)4(24-7)2-23-28(19,20)26-29(21,22)25-27(16,17)18/h1,4-7,13-14H,2H2,(H,19,20)(H,21,22)(H2,16,17,18)(H3,10,11,12,15)/p-4. The number of anilines is 1. The summed E-state index contributed by atoms with van der Waals surface area (Å²) in [5.74, 6) is -0.249. The fourth-order valence-corrected chi connectivity index (χ4v) is 5.08. The maximum Gasteiger partial charge on any atom is 0.278 e. The lowest BCUT2D eigenvalue weighted by atomic mass is 10.0. The van der Waals surface area contributed by atoms with Crippen molar-refractivity contribution in [2.24, 2.45) is 0 Å². The van der Waals surface area contributed by atoms with E-state index in [2.05, 4.69) is 23.1 Å². The molecule has 17 nitrogen and oxygen atoms in total. The van der Waals surface area contributed by atoms with Crippen molar-refractivity contribution < 1.29 is 61.4 Å². The molecule has 0 amide bonds. The van der Waals surface area contributed by atoms with E-state index in [1.54, 1.807) is 0 Å². The summed E-state index contributed by atoms with van der Waals surface area (Å²) in [6.45, 7) is -1.14. The first-order chi connectivity index (χ1) is 13.1. The molecular formula is C9H12N3O14P3-4. The van der Waals surface area contributed by atoms with Crippen LogP contribution in [-0.4, -0.2) is 45.1 Å². The van der Waals surface area contributed by atoms with Crippen LogP contribution in [0.15, 0.2) is 11.0 Å². The Hall–Kier alpha value is -1.03. The number of phosphoric acid groups is 3. The summed E-state index contributed by atoms with van der Waals surface area (Å²) in [5, 5.41) is 19.9. The summed E-state index contributed by atoms with van der Waals surface area (Å²) in [6, 6.07) is 0. The van der Waals surface area contributed by atoms with Crippen LogP contribution in [-0.2, 0) is 31.6 Å². The van der Waals surface area contributed by atoms with Gasteiger partial charge in [-0.2, -0.15) is 0 Å². The smallest absolute Gasteiger partial charge is 0.278 e. The van der Waals surface area contributed by atoms with Crippen LogP contribution in [0, 0.1) is 0 Å². The van der Waals surface area contributed by atoms with Crippen molar-refractivity contribution in [3.05, 3.63) is 22.1 Å². The molecule has 6 unspecified atom stereocenters. The normalized spacial score (nSPS) is 29.3. The highest BCUT2D eigenvalue weighted by Gasteiger charge is 2.45. The Morgan fingerprint density at radius 1 is 1.14 bits per heavy atom. The Morgan fingerprint density at radius 2 is 1.76 bits per heavy atom. The number of nitrogens with zero attached hydrogens (tertiary/aromatic N) is 1. The molecular weight excluding hydrogens is 467 g/mol. The number of nitrogen functional groups attached to an aromatic ring is 1. The van der Waals surface area contributed by atoms with Gasteiger partial charge in [-0.1, -0.05) is 0 Å². The SMILES string of the molecule is Nc1ncc(C2OC(COP(=O)([O-])OP(=O)([O-])OP(=O)([O-])[O-])C(O)C2O)c(=O)[nH]1. The molecule has 29 heavy (non-hydrogen) atoms. The predicted octanol–water partition coefficient (Wildman–Crippen LogP) is -4.67. The molecule has 1 saturated heterocycles. The van der Waals surface area contributed by atoms with Crippen molar-refractivity contribution in [2.45, 2.75) is 24.4 Å². The van der Waals surface area contributed by atoms with Crippen LogP contribution in [0.25, 0.3) is 0 Å². The molecule has 1 aliphatic heterocycles. The third-order valence-electron chi connectivity index (χ3n) is 3.31. The molecule has 166 valence electrons. The first-order valence-corrected chi connectivity index (χ1v) is 11.6. The Bertz CT molecular complexity index is 946. The summed E-state index contributed by atoms with van der Waals surface area (Å²) in [5.41, 5.74) is 4.17. The quantitative estimate of drug-likeness (QED) is 0.255. The maximum absolute atomic E-state index is 11.8. The van der Waals surface area contributed by atoms with Gasteiger partial charge in [0.2, 0.25) is 0 Å². The molecule has 20 heteroatoms. The zero-order valence-corrected chi connectivity index (χ0v) is 16.4. The first-order valence-electron chi connectivity index (χ1n) is 7.18. The van der Waals surface area contributed by atoms with Crippen molar-refractivity contribution in [3.8, 4) is 0 Å². The highest BCUT2D eigenvalue weighted by Crippen LogP contribution is 2.60. The van der Waals surface area contributed by atoms with E-state index in [1.807, 2.05) is 0 Å². The Morgan fingerprint density at radius 3 is 2.31 bits per heavy atom. The zero-order chi connectivity index (χ0) is 22.2. The minimum absolute atomic E-state index is 0.249. The molecule has 0 aliphatic carbocycles. The molecule has 2 rings (SSSR count). The fraction of sp³-hybridized carbons (Fsp3) is 0.556. The largest absolute Gasteiger partial charge is 0.790 e. The molecule has 1 aromatic heterocycles. The molecule has 0 radical (unpaired) electrons. The summed E-state index contributed by atoms with van der Waals surface area (Å²) >= 11 is 0. The molecule has 0 aromatic carbocycles. The number of phosphoric ester groups is 1. The average molecular weight is 479 g/mol. The summed E-state index contributed by atoms with van der Waals surface area (Å²) in [6.07, 6.45) is -5.72. The Kier molecular flexibility index (Phi) is 7.20. The van der Waals surface area contributed by atoms with Crippen LogP contribution in [0.5, 0.6) is 0 Å². The third-order valence-corrected chi connectivity index (χ3v) is 6.98. The molecule has 5 N–H and O–H groups in total. The van der Waals surface area contributed by atoms with Gasteiger partial charge in [-0.3, -0.25) is 23.2 Å². The van der Waals surface area contributed by atoms with Gasteiger partial charge >= 0.3 is 0 Å². The van der Waals surface area contributed by atoms with Crippen molar-refractivity contribution in [1.82, 2.24) is 9.97 Å². The third kappa shape index (κ3) is 6.73. The average Bonchev–Trinajstić information content (AvgIpc) is 2.78. The van der Waals surface area contributed by atoms with Gasteiger partial charge in [0, 0.05) is 6.20 Å². The van der Waals surface area contributed by atoms with Crippen LogP contribution in [0.4, 0.5) is 5.95 Å². The number of nitrogens with one attached hydrogen (secondary N) is 1. The number of hydrogen-bond donors (Lipinski definition) is 4.